The van der Waals surface area contributed by atoms with Crippen LogP contribution < -0.4 is 0 Å². The van der Waals surface area contributed by atoms with Crippen LogP contribution in [0.1, 0.15) is 155 Å². The molecule has 0 saturated carbocycles. The van der Waals surface area contributed by atoms with E-state index in [1.165, 1.54) is 132 Å². The fraction of sp³-hybridized carbons (Fsp3) is 0.429. The highest BCUT2D eigenvalue weighted by molar-refractivity contribution is 5.89. The summed E-state index contributed by atoms with van der Waals surface area (Å²) < 4.78 is 4.22. The highest BCUT2D eigenvalue weighted by Gasteiger charge is 2.19. The monoisotopic (exact) mass is 799 g/mol. The van der Waals surface area contributed by atoms with Crippen LogP contribution in [-0.2, 0) is 23.7 Å². The number of aryl methyl sites for hydroxylation is 2. The molecule has 0 saturated heterocycles. The molecule has 2 heterocycles. The van der Waals surface area contributed by atoms with E-state index >= 15 is 0 Å². The Balaban J connectivity index is 1.29. The summed E-state index contributed by atoms with van der Waals surface area (Å²) >= 11 is 0. The third kappa shape index (κ3) is 10.1. The average molecular weight is 799 g/mol. The summed E-state index contributed by atoms with van der Waals surface area (Å²) in [6, 6.07) is 37.0. The first-order valence-corrected chi connectivity index (χ1v) is 23.3. The number of fused-ring (bicyclic) bond motifs is 2. The van der Waals surface area contributed by atoms with E-state index in [1.807, 2.05) is 12.4 Å². The summed E-state index contributed by atoms with van der Waals surface area (Å²) in [5.41, 5.74) is 15.6. The van der Waals surface area contributed by atoms with E-state index in [9.17, 15) is 0 Å². The van der Waals surface area contributed by atoms with Crippen LogP contribution in [0.2, 0.25) is 0 Å². The molecule has 0 unspecified atom stereocenters. The van der Waals surface area contributed by atoms with Crippen molar-refractivity contribution >= 4 is 21.8 Å². The molecule has 0 amide bonds. The number of hydrogen-bond donors (Lipinski definition) is 0. The molecule has 0 spiro atoms. The van der Waals surface area contributed by atoms with E-state index in [0.717, 1.165) is 35.2 Å². The average Bonchev–Trinajstić information content (AvgIpc) is 3.87. The molecule has 0 bridgehead atoms. The quantitative estimate of drug-likeness (QED) is 0.0811. The lowest BCUT2D eigenvalue weighted by Crippen LogP contribution is -2.11. The van der Waals surface area contributed by atoms with Crippen LogP contribution in [0.15, 0.2) is 109 Å². The van der Waals surface area contributed by atoms with E-state index < -0.39 is 0 Å². The van der Waals surface area contributed by atoms with Gasteiger partial charge in [0.15, 0.2) is 0 Å². The number of hydrogen-bond acceptors (Lipinski definition) is 2. The summed E-state index contributed by atoms with van der Waals surface area (Å²) in [4.78, 5) is 0. The topological polar surface area (TPSA) is 35.6 Å². The van der Waals surface area contributed by atoms with Crippen LogP contribution in [0.25, 0.3) is 55.4 Å². The molecule has 4 nitrogen and oxygen atoms in total. The predicted octanol–water partition coefficient (Wildman–Crippen LogP) is 16.1. The molecule has 5 aromatic carbocycles. The fourth-order valence-corrected chi connectivity index (χ4v) is 8.84. The smallest absolute Gasteiger partial charge is 0.0747 e. The lowest BCUT2D eigenvalue weighted by Gasteiger charge is -2.19. The summed E-state index contributed by atoms with van der Waals surface area (Å²) in [5, 5.41) is 12.2. The number of benzene rings is 5. The van der Waals surface area contributed by atoms with Gasteiger partial charge in [0.05, 0.1) is 34.8 Å². The zero-order valence-electron chi connectivity index (χ0n) is 38.1. The molecule has 7 rings (SSSR count). The zero-order valence-corrected chi connectivity index (χ0v) is 38.1. The van der Waals surface area contributed by atoms with Crippen LogP contribution in [0.3, 0.4) is 0 Å². The number of rotatable bonds is 18. The van der Waals surface area contributed by atoms with Gasteiger partial charge >= 0.3 is 0 Å². The normalized spacial score (nSPS) is 12.3. The Labute approximate surface area is 361 Å². The third-order valence-corrected chi connectivity index (χ3v) is 12.6. The molecule has 2 aromatic heterocycles. The highest BCUT2D eigenvalue weighted by Crippen LogP contribution is 2.38. The first kappa shape index (κ1) is 43.1. The third-order valence-electron chi connectivity index (χ3n) is 12.6. The van der Waals surface area contributed by atoms with Crippen molar-refractivity contribution in [3.8, 4) is 33.6 Å². The molecule has 7 aromatic rings. The van der Waals surface area contributed by atoms with Crippen LogP contribution in [0.5, 0.6) is 0 Å². The maximum atomic E-state index is 4.92. The molecule has 0 aliphatic carbocycles. The van der Waals surface area contributed by atoms with Crippen LogP contribution in [-0.4, -0.2) is 19.6 Å². The predicted molar refractivity (Wildman–Crippen MR) is 258 cm³/mol. The zero-order chi connectivity index (χ0) is 42.3. The molecule has 0 N–H and O–H groups in total. The van der Waals surface area contributed by atoms with Gasteiger partial charge in [0.2, 0.25) is 0 Å². The van der Waals surface area contributed by atoms with Gasteiger partial charge in [-0.3, -0.25) is 0 Å². The fourth-order valence-electron chi connectivity index (χ4n) is 8.84. The molecular weight excluding hydrogens is 729 g/mol. The van der Waals surface area contributed by atoms with Gasteiger partial charge in [0, 0.05) is 10.8 Å². The van der Waals surface area contributed by atoms with Gasteiger partial charge in [0.1, 0.15) is 0 Å². The van der Waals surface area contributed by atoms with E-state index in [2.05, 4.69) is 162 Å². The molecule has 0 aliphatic rings. The van der Waals surface area contributed by atoms with E-state index in [0.29, 0.717) is 0 Å². The first-order chi connectivity index (χ1) is 28.9. The SMILES string of the molecule is CCCCCCCCc1cc(-c2ccc3cnn(-c4ccc(C(C)(C)C)cc4)c3c2)c(CCCCCCCC)cc1-c1ccc2c(cnn2-c2ccc(C(C)(C)C)cc2)c1. The Hall–Kier alpha value is -4.96. The lowest BCUT2D eigenvalue weighted by atomic mass is 9.86. The van der Waals surface area contributed by atoms with E-state index in [-0.39, 0.29) is 10.8 Å². The second-order valence-electron chi connectivity index (χ2n) is 19.5. The second-order valence-corrected chi connectivity index (χ2v) is 19.5. The Kier molecular flexibility index (Phi) is 13.8. The van der Waals surface area contributed by atoms with Gasteiger partial charge in [-0.25, -0.2) is 9.36 Å². The number of nitrogens with zero attached hydrogens (tertiary/aromatic N) is 4. The van der Waals surface area contributed by atoms with Gasteiger partial charge in [-0.2, -0.15) is 10.2 Å². The Bertz CT molecular complexity index is 2460. The minimum Gasteiger partial charge on any atom is -0.233 e. The van der Waals surface area contributed by atoms with Crippen molar-refractivity contribution in [2.45, 2.75) is 156 Å². The minimum absolute atomic E-state index is 0.107. The standard InChI is InChI=1S/C56H70N4/c1-9-11-13-15-17-19-21-41-37-52(44-23-24-45-39-57-60(54(45)38-44)50-32-28-48(29-33-50)56(6,7)8)42(22-20-18-16-14-12-10-2)36-51(41)43-25-34-53-46(35-43)40-58-59(53)49-30-26-47(27-31-49)55(3,4)5/h23-40H,9-22H2,1-8H3. The van der Waals surface area contributed by atoms with Crippen molar-refractivity contribution in [2.24, 2.45) is 0 Å². The van der Waals surface area contributed by atoms with Gasteiger partial charge in [-0.15, -0.1) is 0 Å². The molecule has 314 valence electrons. The maximum Gasteiger partial charge on any atom is 0.0747 e. The molecule has 0 fully saturated rings. The van der Waals surface area contributed by atoms with Crippen molar-refractivity contribution in [2.75, 3.05) is 0 Å². The number of aromatic nitrogens is 4. The molecule has 0 atom stereocenters. The molecular formula is C56H70N4. The van der Waals surface area contributed by atoms with Crippen molar-refractivity contribution in [3.05, 3.63) is 132 Å². The lowest BCUT2D eigenvalue weighted by molar-refractivity contribution is 0.590. The molecule has 4 heteroatoms. The van der Waals surface area contributed by atoms with E-state index in [1.54, 1.807) is 0 Å². The van der Waals surface area contributed by atoms with Crippen molar-refractivity contribution < 1.29 is 0 Å². The largest absolute Gasteiger partial charge is 0.233 e. The molecule has 0 aliphatic heterocycles. The summed E-state index contributed by atoms with van der Waals surface area (Å²) in [7, 11) is 0. The highest BCUT2D eigenvalue weighted by atomic mass is 15.3. The van der Waals surface area contributed by atoms with E-state index in [4.69, 9.17) is 10.2 Å². The van der Waals surface area contributed by atoms with Crippen LogP contribution in [0.4, 0.5) is 0 Å². The van der Waals surface area contributed by atoms with Gasteiger partial charge in [-0.1, -0.05) is 174 Å². The summed E-state index contributed by atoms with van der Waals surface area (Å²) in [6.07, 6.45) is 21.6. The van der Waals surface area contributed by atoms with Gasteiger partial charge in [-0.05, 0) is 123 Å². The Morgan fingerprint density at radius 1 is 0.417 bits per heavy atom. The first-order valence-electron chi connectivity index (χ1n) is 23.3. The second kappa shape index (κ2) is 19.2. The molecule has 0 radical (unpaired) electrons. The van der Waals surface area contributed by atoms with Crippen molar-refractivity contribution in [3.63, 3.8) is 0 Å². The Morgan fingerprint density at radius 3 is 1.35 bits per heavy atom. The van der Waals surface area contributed by atoms with Crippen molar-refractivity contribution in [1.29, 1.82) is 0 Å². The number of unbranched alkanes of at least 4 members (excludes halogenated alkanes) is 10. The summed E-state index contributed by atoms with van der Waals surface area (Å²) in [6.45, 7) is 18.2. The van der Waals surface area contributed by atoms with Gasteiger partial charge < -0.3 is 0 Å². The van der Waals surface area contributed by atoms with Gasteiger partial charge in [0.25, 0.3) is 0 Å². The van der Waals surface area contributed by atoms with Crippen LogP contribution >= 0.6 is 0 Å². The molecule has 60 heavy (non-hydrogen) atoms. The van der Waals surface area contributed by atoms with Crippen molar-refractivity contribution in [1.82, 2.24) is 19.6 Å². The summed E-state index contributed by atoms with van der Waals surface area (Å²) in [5.74, 6) is 0. The minimum atomic E-state index is 0.107. The Morgan fingerprint density at radius 2 is 0.850 bits per heavy atom. The maximum absolute atomic E-state index is 4.92. The van der Waals surface area contributed by atoms with Crippen LogP contribution in [0, 0.1) is 0 Å².